The third kappa shape index (κ3) is 3.45. The number of pyridine rings is 1. The van der Waals surface area contributed by atoms with E-state index in [1.165, 1.54) is 18.4 Å². The SMILES string of the molecule is CCC1=C(C(=O)OC)[C@H](c2ccccc2)n2c(s/c(=C\c3cccnc3)c2=O)=N1. The smallest absolute Gasteiger partial charge is 0.338 e. The summed E-state index contributed by atoms with van der Waals surface area (Å²) in [7, 11) is 1.35. The van der Waals surface area contributed by atoms with Crippen LogP contribution in [-0.4, -0.2) is 22.6 Å². The number of fused-ring (bicyclic) bond motifs is 1. The van der Waals surface area contributed by atoms with Gasteiger partial charge in [-0.2, -0.15) is 0 Å². The molecule has 3 aromatic rings. The molecule has 1 aromatic carbocycles. The van der Waals surface area contributed by atoms with Crippen LogP contribution in [0.25, 0.3) is 6.08 Å². The second kappa shape index (κ2) is 7.97. The van der Waals surface area contributed by atoms with Gasteiger partial charge < -0.3 is 4.74 Å². The minimum absolute atomic E-state index is 0.192. The van der Waals surface area contributed by atoms with Crippen LogP contribution in [0, 0.1) is 0 Å². The zero-order valence-corrected chi connectivity index (χ0v) is 16.8. The van der Waals surface area contributed by atoms with Crippen molar-refractivity contribution in [2.24, 2.45) is 4.99 Å². The second-order valence-electron chi connectivity index (χ2n) is 6.49. The van der Waals surface area contributed by atoms with Gasteiger partial charge in [0.05, 0.1) is 29.0 Å². The molecule has 0 bridgehead atoms. The molecule has 2 aromatic heterocycles. The average molecular weight is 405 g/mol. The number of rotatable bonds is 4. The van der Waals surface area contributed by atoms with Gasteiger partial charge in [-0.25, -0.2) is 9.79 Å². The third-order valence-corrected chi connectivity index (χ3v) is 5.73. The molecule has 0 unspecified atom stereocenters. The van der Waals surface area contributed by atoms with Gasteiger partial charge >= 0.3 is 5.97 Å². The van der Waals surface area contributed by atoms with Crippen molar-refractivity contribution in [1.82, 2.24) is 9.55 Å². The summed E-state index contributed by atoms with van der Waals surface area (Å²) in [6, 6.07) is 12.6. The average Bonchev–Trinajstić information content (AvgIpc) is 3.08. The standard InChI is InChI=1S/C22H19N3O3S/c1-3-16-18(21(27)28-2)19(15-9-5-4-6-10-15)25-20(26)17(29-22(25)24-16)12-14-8-7-11-23-13-14/h4-13,19H,3H2,1-2H3/b17-12-/t19-/m0/s1. The van der Waals surface area contributed by atoms with Crippen molar-refractivity contribution in [2.45, 2.75) is 19.4 Å². The van der Waals surface area contributed by atoms with E-state index in [2.05, 4.69) is 9.98 Å². The maximum absolute atomic E-state index is 13.3. The highest BCUT2D eigenvalue weighted by Gasteiger charge is 2.33. The van der Waals surface area contributed by atoms with Gasteiger partial charge in [-0.3, -0.25) is 14.3 Å². The first kappa shape index (κ1) is 19.0. The minimum Gasteiger partial charge on any atom is -0.466 e. The summed E-state index contributed by atoms with van der Waals surface area (Å²) in [6.45, 7) is 1.94. The summed E-state index contributed by atoms with van der Waals surface area (Å²) in [5.41, 5.74) is 2.52. The fraction of sp³-hybridized carbons (Fsp3) is 0.182. The number of allylic oxidation sites excluding steroid dienone is 1. The summed E-state index contributed by atoms with van der Waals surface area (Å²) < 4.78 is 7.18. The Morgan fingerprint density at radius 1 is 1.24 bits per heavy atom. The fourth-order valence-electron chi connectivity index (χ4n) is 3.43. The lowest BCUT2D eigenvalue weighted by molar-refractivity contribution is -0.136. The van der Waals surface area contributed by atoms with Gasteiger partial charge in [-0.1, -0.05) is 54.7 Å². The van der Waals surface area contributed by atoms with E-state index < -0.39 is 12.0 Å². The van der Waals surface area contributed by atoms with Crippen molar-refractivity contribution in [3.05, 3.63) is 96.9 Å². The van der Waals surface area contributed by atoms with Crippen LogP contribution in [0.2, 0.25) is 0 Å². The zero-order valence-electron chi connectivity index (χ0n) is 16.0. The minimum atomic E-state index is -0.578. The number of benzene rings is 1. The van der Waals surface area contributed by atoms with Crippen molar-refractivity contribution < 1.29 is 9.53 Å². The summed E-state index contributed by atoms with van der Waals surface area (Å²) >= 11 is 1.31. The highest BCUT2D eigenvalue weighted by molar-refractivity contribution is 7.07. The van der Waals surface area contributed by atoms with Gasteiger partial charge in [0.1, 0.15) is 0 Å². The van der Waals surface area contributed by atoms with Crippen molar-refractivity contribution >= 4 is 23.4 Å². The lowest BCUT2D eigenvalue weighted by atomic mass is 9.95. The highest BCUT2D eigenvalue weighted by atomic mass is 32.1. The summed E-state index contributed by atoms with van der Waals surface area (Å²) in [5, 5.41) is 0. The van der Waals surface area contributed by atoms with E-state index in [0.29, 0.717) is 27.0 Å². The Morgan fingerprint density at radius 3 is 2.69 bits per heavy atom. The molecule has 1 atom stereocenters. The fourth-order valence-corrected chi connectivity index (χ4v) is 4.45. The van der Waals surface area contributed by atoms with E-state index >= 15 is 0 Å². The van der Waals surface area contributed by atoms with Gasteiger partial charge in [-0.05, 0) is 29.7 Å². The van der Waals surface area contributed by atoms with Crippen LogP contribution in [0.1, 0.15) is 30.5 Å². The number of nitrogens with zero attached hydrogens (tertiary/aromatic N) is 3. The molecule has 0 saturated carbocycles. The normalized spacial score (nSPS) is 16.3. The van der Waals surface area contributed by atoms with E-state index in [1.807, 2.05) is 49.4 Å². The predicted octanol–water partition coefficient (Wildman–Crippen LogP) is 2.19. The van der Waals surface area contributed by atoms with Gasteiger partial charge in [0.2, 0.25) is 0 Å². The molecule has 6 nitrogen and oxygen atoms in total. The van der Waals surface area contributed by atoms with Crippen molar-refractivity contribution in [2.75, 3.05) is 7.11 Å². The molecule has 1 aliphatic heterocycles. The molecule has 7 heteroatoms. The molecule has 146 valence electrons. The zero-order chi connectivity index (χ0) is 20.4. The van der Waals surface area contributed by atoms with E-state index in [1.54, 1.807) is 23.0 Å². The lowest BCUT2D eigenvalue weighted by Crippen LogP contribution is -2.40. The van der Waals surface area contributed by atoms with E-state index in [-0.39, 0.29) is 5.56 Å². The van der Waals surface area contributed by atoms with Crippen LogP contribution in [0.15, 0.2) is 75.9 Å². The Labute approximate surface area is 171 Å². The number of thiazole rings is 1. The van der Waals surface area contributed by atoms with Crippen LogP contribution in [-0.2, 0) is 9.53 Å². The van der Waals surface area contributed by atoms with Gasteiger partial charge in [0.15, 0.2) is 4.80 Å². The number of methoxy groups -OCH3 is 1. The lowest BCUT2D eigenvalue weighted by Gasteiger charge is -2.25. The molecule has 0 spiro atoms. The van der Waals surface area contributed by atoms with Crippen molar-refractivity contribution in [3.8, 4) is 0 Å². The van der Waals surface area contributed by atoms with Crippen LogP contribution >= 0.6 is 11.3 Å². The molecule has 1 aliphatic rings. The number of carbonyl (C=O) groups excluding carboxylic acids is 1. The monoisotopic (exact) mass is 405 g/mol. The Morgan fingerprint density at radius 2 is 2.03 bits per heavy atom. The molecule has 0 amide bonds. The molecule has 4 rings (SSSR count). The van der Waals surface area contributed by atoms with E-state index in [0.717, 1.165) is 11.1 Å². The molecule has 0 fully saturated rings. The number of aromatic nitrogens is 2. The molecule has 0 radical (unpaired) electrons. The second-order valence-corrected chi connectivity index (χ2v) is 7.49. The first-order valence-corrected chi connectivity index (χ1v) is 10.0. The quantitative estimate of drug-likeness (QED) is 0.624. The van der Waals surface area contributed by atoms with Crippen molar-refractivity contribution in [3.63, 3.8) is 0 Å². The number of ether oxygens (including phenoxy) is 1. The Hall–Kier alpha value is -3.32. The van der Waals surface area contributed by atoms with Crippen LogP contribution in [0.3, 0.4) is 0 Å². The van der Waals surface area contributed by atoms with Crippen LogP contribution < -0.4 is 14.9 Å². The molecule has 0 N–H and O–H groups in total. The van der Waals surface area contributed by atoms with Gasteiger partial charge in [0.25, 0.3) is 5.56 Å². The van der Waals surface area contributed by atoms with E-state index in [4.69, 9.17) is 4.74 Å². The third-order valence-electron chi connectivity index (χ3n) is 4.75. The maximum Gasteiger partial charge on any atom is 0.338 e. The maximum atomic E-state index is 13.3. The summed E-state index contributed by atoms with van der Waals surface area (Å²) in [4.78, 5) is 35.3. The van der Waals surface area contributed by atoms with Gasteiger partial charge in [0, 0.05) is 12.4 Å². The Bertz CT molecular complexity index is 1260. The van der Waals surface area contributed by atoms with Gasteiger partial charge in [-0.15, -0.1) is 0 Å². The molecule has 29 heavy (non-hydrogen) atoms. The first-order chi connectivity index (χ1) is 14.1. The topological polar surface area (TPSA) is 73.6 Å². The van der Waals surface area contributed by atoms with Crippen LogP contribution in [0.5, 0.6) is 0 Å². The number of hydrogen-bond acceptors (Lipinski definition) is 6. The van der Waals surface area contributed by atoms with Crippen LogP contribution in [0.4, 0.5) is 0 Å². The predicted molar refractivity (Wildman–Crippen MR) is 111 cm³/mol. The molecule has 0 saturated heterocycles. The number of esters is 1. The number of carbonyl (C=O) groups is 1. The molecule has 0 aliphatic carbocycles. The highest BCUT2D eigenvalue weighted by Crippen LogP contribution is 2.31. The van der Waals surface area contributed by atoms with E-state index in [9.17, 15) is 9.59 Å². The van der Waals surface area contributed by atoms with Crippen molar-refractivity contribution in [1.29, 1.82) is 0 Å². The molecular formula is C22H19N3O3S. The first-order valence-electron chi connectivity index (χ1n) is 9.22. The number of hydrogen-bond donors (Lipinski definition) is 0. The molecular weight excluding hydrogens is 386 g/mol. The Balaban J connectivity index is 2.01. The molecule has 3 heterocycles. The largest absolute Gasteiger partial charge is 0.466 e. The summed E-state index contributed by atoms with van der Waals surface area (Å²) in [6.07, 6.45) is 5.74. The summed E-state index contributed by atoms with van der Waals surface area (Å²) in [5.74, 6) is -0.471. The Kier molecular flexibility index (Phi) is 5.22.